The molecule has 9 heteroatoms. The molecule has 2 atom stereocenters. The zero-order valence-corrected chi connectivity index (χ0v) is 20.6. The zero-order valence-electron chi connectivity index (χ0n) is 18.4. The molecule has 2 heterocycles. The van der Waals surface area contributed by atoms with Crippen LogP contribution in [0.2, 0.25) is 15.1 Å². The molecule has 0 unspecified atom stereocenters. The lowest BCUT2D eigenvalue weighted by atomic mass is 10.0. The fraction of sp³-hybridized carbons (Fsp3) is 0.320. The summed E-state index contributed by atoms with van der Waals surface area (Å²) in [5.41, 5.74) is 2.73. The topological polar surface area (TPSA) is 67.4 Å². The van der Waals surface area contributed by atoms with Crippen LogP contribution in [-0.2, 0) is 22.7 Å². The van der Waals surface area contributed by atoms with Crippen LogP contribution >= 0.6 is 34.8 Å². The second kappa shape index (κ2) is 12.1. The number of rotatable bonds is 11. The summed E-state index contributed by atoms with van der Waals surface area (Å²) in [6.07, 6.45) is 1.36. The molecule has 3 aromatic rings. The summed E-state index contributed by atoms with van der Waals surface area (Å²) < 4.78 is 10.9. The first-order valence-corrected chi connectivity index (χ1v) is 12.0. The molecule has 1 N–H and O–H groups in total. The largest absolute Gasteiger partial charge is 0.467 e. The molecule has 0 aliphatic carbocycles. The van der Waals surface area contributed by atoms with Gasteiger partial charge < -0.3 is 19.1 Å². The molecule has 1 aliphatic heterocycles. The molecule has 0 saturated carbocycles. The second-order valence-corrected chi connectivity index (χ2v) is 9.42. The van der Waals surface area contributed by atoms with E-state index in [0.717, 1.165) is 16.8 Å². The summed E-state index contributed by atoms with van der Waals surface area (Å²) in [6.45, 7) is 2.05. The van der Waals surface area contributed by atoms with Gasteiger partial charge in [-0.3, -0.25) is 4.90 Å². The van der Waals surface area contributed by atoms with Crippen LogP contribution in [0.3, 0.4) is 0 Å². The Morgan fingerprint density at radius 3 is 2.74 bits per heavy atom. The molecule has 0 bridgehead atoms. The summed E-state index contributed by atoms with van der Waals surface area (Å²) in [7, 11) is 0. The van der Waals surface area contributed by atoms with Crippen LogP contribution in [0.5, 0.6) is 0 Å². The van der Waals surface area contributed by atoms with E-state index in [2.05, 4.69) is 10.1 Å². The van der Waals surface area contributed by atoms with Gasteiger partial charge in [0.05, 0.1) is 34.7 Å². The molecule has 1 aromatic heterocycles. The van der Waals surface area contributed by atoms with Crippen LogP contribution < -0.4 is 0 Å². The fourth-order valence-electron chi connectivity index (χ4n) is 3.80. The maximum atomic E-state index is 10.6. The lowest BCUT2D eigenvalue weighted by molar-refractivity contribution is -0.00955. The highest BCUT2D eigenvalue weighted by atomic mass is 35.5. The predicted octanol–water partition coefficient (Wildman–Crippen LogP) is 5.81. The molecule has 34 heavy (non-hydrogen) atoms. The SMILES string of the molecule is O[C@H](COCc1ccco1)CN(Cc1cccc(Cl)c1)C[C@H]1CC(c2ccc(Cl)c(Cl)c2)=NO1. The number of aliphatic hydroxyl groups excluding tert-OH is 1. The Bertz CT molecular complexity index is 1110. The molecule has 0 spiro atoms. The van der Waals surface area contributed by atoms with Gasteiger partial charge in [-0.05, 0) is 42.0 Å². The van der Waals surface area contributed by atoms with Crippen molar-refractivity contribution in [3.8, 4) is 0 Å². The number of oxime groups is 1. The van der Waals surface area contributed by atoms with Crippen molar-refractivity contribution in [2.24, 2.45) is 5.16 Å². The van der Waals surface area contributed by atoms with Crippen molar-refractivity contribution < 1.29 is 19.1 Å². The first kappa shape index (κ1) is 25.0. The van der Waals surface area contributed by atoms with E-state index in [1.807, 2.05) is 36.4 Å². The lowest BCUT2D eigenvalue weighted by Crippen LogP contribution is -2.39. The van der Waals surface area contributed by atoms with Crippen LogP contribution in [0.25, 0.3) is 0 Å². The van der Waals surface area contributed by atoms with E-state index in [1.54, 1.807) is 24.5 Å². The molecular formula is C25H25Cl3N2O4. The number of benzene rings is 2. The van der Waals surface area contributed by atoms with E-state index in [-0.39, 0.29) is 12.7 Å². The Hall–Kier alpha value is -2.06. The van der Waals surface area contributed by atoms with Gasteiger partial charge in [-0.25, -0.2) is 0 Å². The van der Waals surface area contributed by atoms with Gasteiger partial charge in [-0.15, -0.1) is 0 Å². The molecule has 180 valence electrons. The molecule has 0 radical (unpaired) electrons. The summed E-state index contributed by atoms with van der Waals surface area (Å²) in [5.74, 6) is 0.717. The van der Waals surface area contributed by atoms with Gasteiger partial charge >= 0.3 is 0 Å². The first-order valence-electron chi connectivity index (χ1n) is 10.9. The molecule has 0 amide bonds. The number of nitrogens with zero attached hydrogens (tertiary/aromatic N) is 2. The van der Waals surface area contributed by atoms with Gasteiger partial charge in [-0.1, -0.05) is 58.2 Å². The average molecular weight is 524 g/mol. The number of hydrogen-bond donors (Lipinski definition) is 1. The number of halogens is 3. The van der Waals surface area contributed by atoms with Crippen LogP contribution in [0, 0.1) is 0 Å². The predicted molar refractivity (Wildman–Crippen MR) is 134 cm³/mol. The average Bonchev–Trinajstić information content (AvgIpc) is 3.48. The summed E-state index contributed by atoms with van der Waals surface area (Å²) >= 11 is 18.4. The van der Waals surface area contributed by atoms with Crippen molar-refractivity contribution in [3.63, 3.8) is 0 Å². The van der Waals surface area contributed by atoms with Crippen molar-refractivity contribution >= 4 is 40.5 Å². The van der Waals surface area contributed by atoms with Crippen LogP contribution in [0.1, 0.15) is 23.3 Å². The Labute approximate surface area is 213 Å². The third-order valence-corrected chi connectivity index (χ3v) is 6.32. The normalized spacial score (nSPS) is 16.5. The standard InChI is InChI=1S/C25H25Cl3N2O4/c26-19-4-1-3-17(9-19)12-30(13-20(31)15-32-16-21-5-2-8-33-21)14-22-11-25(29-34-22)18-6-7-23(27)24(28)10-18/h1-10,20,22,31H,11-16H2/t20-,22+/m0/s1. The van der Waals surface area contributed by atoms with Gasteiger partial charge in [0, 0.05) is 36.6 Å². The highest BCUT2D eigenvalue weighted by Gasteiger charge is 2.26. The Morgan fingerprint density at radius 2 is 1.97 bits per heavy atom. The van der Waals surface area contributed by atoms with Crippen molar-refractivity contribution in [2.45, 2.75) is 31.8 Å². The van der Waals surface area contributed by atoms with E-state index in [1.165, 1.54) is 0 Å². The molecule has 1 aliphatic rings. The third kappa shape index (κ3) is 7.22. The van der Waals surface area contributed by atoms with Crippen molar-refractivity contribution in [3.05, 3.63) is 92.8 Å². The molecular weight excluding hydrogens is 499 g/mol. The molecule has 4 rings (SSSR count). The number of furan rings is 1. The van der Waals surface area contributed by atoms with Gasteiger partial charge in [0.1, 0.15) is 18.5 Å². The van der Waals surface area contributed by atoms with Crippen molar-refractivity contribution in [2.75, 3.05) is 19.7 Å². The van der Waals surface area contributed by atoms with Crippen LogP contribution in [-0.4, -0.2) is 47.6 Å². The summed E-state index contributed by atoms with van der Waals surface area (Å²) in [4.78, 5) is 7.83. The van der Waals surface area contributed by atoms with E-state index in [9.17, 15) is 5.11 Å². The first-order chi connectivity index (χ1) is 16.5. The Morgan fingerprint density at radius 1 is 1.09 bits per heavy atom. The second-order valence-electron chi connectivity index (χ2n) is 8.17. The molecule has 6 nitrogen and oxygen atoms in total. The van der Waals surface area contributed by atoms with Gasteiger partial charge in [0.15, 0.2) is 0 Å². The van der Waals surface area contributed by atoms with Crippen molar-refractivity contribution in [1.29, 1.82) is 0 Å². The minimum atomic E-state index is -0.689. The quantitative estimate of drug-likeness (QED) is 0.343. The van der Waals surface area contributed by atoms with Gasteiger partial charge in [0.25, 0.3) is 0 Å². The van der Waals surface area contributed by atoms with E-state index in [0.29, 0.717) is 53.5 Å². The highest BCUT2D eigenvalue weighted by Crippen LogP contribution is 2.26. The number of ether oxygens (including phenoxy) is 1. The van der Waals surface area contributed by atoms with E-state index < -0.39 is 6.10 Å². The van der Waals surface area contributed by atoms with Gasteiger partial charge in [0.2, 0.25) is 0 Å². The fourth-order valence-corrected chi connectivity index (χ4v) is 4.31. The van der Waals surface area contributed by atoms with Crippen LogP contribution in [0.15, 0.2) is 70.4 Å². The van der Waals surface area contributed by atoms with Crippen molar-refractivity contribution in [1.82, 2.24) is 4.90 Å². The monoisotopic (exact) mass is 522 g/mol. The molecule has 2 aromatic carbocycles. The minimum Gasteiger partial charge on any atom is -0.467 e. The maximum absolute atomic E-state index is 10.6. The zero-order chi connectivity index (χ0) is 23.9. The summed E-state index contributed by atoms with van der Waals surface area (Å²) in [6, 6.07) is 16.7. The maximum Gasteiger partial charge on any atom is 0.145 e. The summed E-state index contributed by atoms with van der Waals surface area (Å²) in [5, 5.41) is 16.5. The third-order valence-electron chi connectivity index (χ3n) is 5.35. The van der Waals surface area contributed by atoms with E-state index in [4.69, 9.17) is 48.8 Å². The smallest absolute Gasteiger partial charge is 0.145 e. The number of aliphatic hydroxyl groups is 1. The van der Waals surface area contributed by atoms with Crippen LogP contribution in [0.4, 0.5) is 0 Å². The Balaban J connectivity index is 1.36. The Kier molecular flexibility index (Phi) is 8.89. The lowest BCUT2D eigenvalue weighted by Gasteiger charge is -2.27. The van der Waals surface area contributed by atoms with E-state index >= 15 is 0 Å². The molecule has 0 fully saturated rings. The minimum absolute atomic E-state index is 0.167. The van der Waals surface area contributed by atoms with Gasteiger partial charge in [-0.2, -0.15) is 0 Å². The number of hydrogen-bond acceptors (Lipinski definition) is 6. The highest BCUT2D eigenvalue weighted by molar-refractivity contribution is 6.42. The molecule has 0 saturated heterocycles.